The van der Waals surface area contributed by atoms with Crippen LogP contribution in [0.5, 0.6) is 0 Å². The molecule has 3 nitrogen and oxygen atoms in total. The van der Waals surface area contributed by atoms with Gasteiger partial charge in [0.15, 0.2) is 5.78 Å². The number of aliphatic hydroxyl groups excluding tert-OH is 1. The van der Waals surface area contributed by atoms with Crippen LogP contribution in [-0.4, -0.2) is 29.7 Å². The molecule has 1 rings (SSSR count). The lowest BCUT2D eigenvalue weighted by molar-refractivity contribution is -0.140. The van der Waals surface area contributed by atoms with Gasteiger partial charge in [-0.15, -0.1) is 0 Å². The summed E-state index contributed by atoms with van der Waals surface area (Å²) in [7, 11) is 0. The van der Waals surface area contributed by atoms with Crippen LogP contribution in [0.2, 0.25) is 0 Å². The molecule has 1 aliphatic heterocycles. The lowest BCUT2D eigenvalue weighted by Crippen LogP contribution is -2.34. The van der Waals surface area contributed by atoms with Crippen molar-refractivity contribution in [2.45, 2.75) is 38.4 Å². The van der Waals surface area contributed by atoms with Gasteiger partial charge in [-0.2, -0.15) is 0 Å². The summed E-state index contributed by atoms with van der Waals surface area (Å²) < 4.78 is 5.19. The largest absolute Gasteiger partial charge is 0.386 e. The van der Waals surface area contributed by atoms with Crippen LogP contribution in [0, 0.1) is 0 Å². The van der Waals surface area contributed by atoms with Crippen molar-refractivity contribution in [1.82, 2.24) is 0 Å². The molecule has 1 aliphatic rings. The first-order valence-electron chi connectivity index (χ1n) is 4.05. The van der Waals surface area contributed by atoms with E-state index in [1.807, 2.05) is 0 Å². The molecule has 1 N–H and O–H groups in total. The molecule has 1 heterocycles. The molecule has 0 amide bonds. The fraction of sp³-hybridized carbons (Fsp3) is 0.875. The predicted octanol–water partition coefficient (Wildman–Crippen LogP) is 0.505. The number of rotatable bonds is 2. The van der Waals surface area contributed by atoms with Crippen LogP contribution in [-0.2, 0) is 9.53 Å². The van der Waals surface area contributed by atoms with Crippen LogP contribution in [0.3, 0.4) is 0 Å². The zero-order chi connectivity index (χ0) is 8.27. The van der Waals surface area contributed by atoms with E-state index >= 15 is 0 Å². The fourth-order valence-corrected chi connectivity index (χ4v) is 1.23. The van der Waals surface area contributed by atoms with Gasteiger partial charge < -0.3 is 9.84 Å². The Morgan fingerprint density at radius 2 is 2.36 bits per heavy atom. The van der Waals surface area contributed by atoms with E-state index in [-0.39, 0.29) is 11.9 Å². The third-order valence-electron chi connectivity index (χ3n) is 1.91. The van der Waals surface area contributed by atoms with E-state index in [1.54, 1.807) is 0 Å². The van der Waals surface area contributed by atoms with E-state index in [0.29, 0.717) is 6.61 Å². The van der Waals surface area contributed by atoms with Crippen molar-refractivity contribution in [2.24, 2.45) is 0 Å². The van der Waals surface area contributed by atoms with Crippen molar-refractivity contribution >= 4 is 5.78 Å². The normalized spacial score (nSPS) is 28.0. The van der Waals surface area contributed by atoms with Crippen LogP contribution in [0.4, 0.5) is 0 Å². The molecule has 0 bridgehead atoms. The second kappa shape index (κ2) is 3.83. The van der Waals surface area contributed by atoms with Crippen molar-refractivity contribution in [3.05, 3.63) is 0 Å². The molecule has 0 aromatic heterocycles. The monoisotopic (exact) mass is 158 g/mol. The highest BCUT2D eigenvalue weighted by Gasteiger charge is 2.24. The van der Waals surface area contributed by atoms with E-state index in [4.69, 9.17) is 9.84 Å². The lowest BCUT2D eigenvalue weighted by atomic mass is 10.0. The van der Waals surface area contributed by atoms with Crippen LogP contribution < -0.4 is 0 Å². The molecule has 64 valence electrons. The van der Waals surface area contributed by atoms with Crippen LogP contribution in [0.25, 0.3) is 0 Å². The van der Waals surface area contributed by atoms with Gasteiger partial charge in [-0.3, -0.25) is 4.79 Å². The Hall–Kier alpha value is -0.410. The molecule has 0 aromatic rings. The van der Waals surface area contributed by atoms with Gasteiger partial charge in [0.2, 0.25) is 0 Å². The van der Waals surface area contributed by atoms with Gasteiger partial charge in [0, 0.05) is 6.61 Å². The summed E-state index contributed by atoms with van der Waals surface area (Å²) in [6.07, 6.45) is 1.61. The minimum atomic E-state index is -0.877. The lowest BCUT2D eigenvalue weighted by Gasteiger charge is -2.22. The predicted molar refractivity (Wildman–Crippen MR) is 40.3 cm³/mol. The third kappa shape index (κ3) is 2.27. The van der Waals surface area contributed by atoms with Gasteiger partial charge in [0.25, 0.3) is 0 Å². The van der Waals surface area contributed by atoms with Crippen molar-refractivity contribution < 1.29 is 14.6 Å². The number of aliphatic hydroxyl groups is 1. The molecule has 0 aromatic carbocycles. The van der Waals surface area contributed by atoms with Crippen molar-refractivity contribution in [3.63, 3.8) is 0 Å². The molecule has 1 fully saturated rings. The fourth-order valence-electron chi connectivity index (χ4n) is 1.23. The Labute approximate surface area is 66.4 Å². The summed E-state index contributed by atoms with van der Waals surface area (Å²) in [6, 6.07) is 0. The summed E-state index contributed by atoms with van der Waals surface area (Å²) >= 11 is 0. The number of carbonyl (C=O) groups is 1. The van der Waals surface area contributed by atoms with E-state index in [2.05, 4.69) is 0 Å². The summed E-state index contributed by atoms with van der Waals surface area (Å²) in [5.41, 5.74) is 0. The Balaban J connectivity index is 2.39. The molecule has 2 unspecified atom stereocenters. The van der Waals surface area contributed by atoms with Gasteiger partial charge in [0.1, 0.15) is 12.2 Å². The first-order valence-corrected chi connectivity index (χ1v) is 4.05. The summed E-state index contributed by atoms with van der Waals surface area (Å²) in [4.78, 5) is 11.1. The zero-order valence-electron chi connectivity index (χ0n) is 6.75. The van der Waals surface area contributed by atoms with Crippen molar-refractivity contribution in [1.29, 1.82) is 0 Å². The van der Waals surface area contributed by atoms with E-state index in [0.717, 1.165) is 19.3 Å². The van der Waals surface area contributed by atoms with Gasteiger partial charge in [-0.25, -0.2) is 0 Å². The van der Waals surface area contributed by atoms with Gasteiger partial charge >= 0.3 is 0 Å². The minimum absolute atomic E-state index is 0.176. The van der Waals surface area contributed by atoms with Gasteiger partial charge in [-0.1, -0.05) is 0 Å². The van der Waals surface area contributed by atoms with E-state index in [9.17, 15) is 4.79 Å². The molecule has 11 heavy (non-hydrogen) atoms. The Kier molecular flexibility index (Phi) is 3.02. The SMILES string of the molecule is CC(O)C(=O)C1CCCCO1. The number of hydrogen-bond donors (Lipinski definition) is 1. The Morgan fingerprint density at radius 1 is 1.64 bits per heavy atom. The Morgan fingerprint density at radius 3 is 2.82 bits per heavy atom. The maximum absolute atomic E-state index is 11.1. The molecule has 1 saturated heterocycles. The first kappa shape index (κ1) is 8.68. The molecule has 0 spiro atoms. The highest BCUT2D eigenvalue weighted by atomic mass is 16.5. The quantitative estimate of drug-likeness (QED) is 0.636. The first-order chi connectivity index (χ1) is 5.22. The van der Waals surface area contributed by atoms with Crippen molar-refractivity contribution in [3.8, 4) is 0 Å². The smallest absolute Gasteiger partial charge is 0.189 e. The summed E-state index contributed by atoms with van der Waals surface area (Å²) in [6.45, 7) is 2.14. The van der Waals surface area contributed by atoms with Gasteiger partial charge in [-0.05, 0) is 26.2 Å². The molecule has 0 aliphatic carbocycles. The highest BCUT2D eigenvalue weighted by Crippen LogP contribution is 2.14. The van der Waals surface area contributed by atoms with Crippen LogP contribution in [0.15, 0.2) is 0 Å². The standard InChI is InChI=1S/C8H14O3/c1-6(9)8(10)7-4-2-3-5-11-7/h6-7,9H,2-5H2,1H3. The number of carbonyl (C=O) groups excluding carboxylic acids is 1. The highest BCUT2D eigenvalue weighted by molar-refractivity contribution is 5.86. The molecule has 2 atom stereocenters. The zero-order valence-corrected chi connectivity index (χ0v) is 6.75. The molecular weight excluding hydrogens is 144 g/mol. The van der Waals surface area contributed by atoms with Crippen LogP contribution >= 0.6 is 0 Å². The summed E-state index contributed by atoms with van der Waals surface area (Å²) in [5, 5.41) is 8.94. The topological polar surface area (TPSA) is 46.5 Å². The van der Waals surface area contributed by atoms with Crippen LogP contribution in [0.1, 0.15) is 26.2 Å². The maximum Gasteiger partial charge on any atom is 0.189 e. The van der Waals surface area contributed by atoms with E-state index < -0.39 is 6.10 Å². The average Bonchev–Trinajstić information content (AvgIpc) is 2.05. The average molecular weight is 158 g/mol. The number of Topliss-reactive ketones (excluding diaryl/α,β-unsaturated/α-hetero) is 1. The maximum atomic E-state index is 11.1. The number of ketones is 1. The van der Waals surface area contributed by atoms with Gasteiger partial charge in [0.05, 0.1) is 0 Å². The molecule has 0 saturated carbocycles. The minimum Gasteiger partial charge on any atom is -0.386 e. The van der Waals surface area contributed by atoms with Crippen molar-refractivity contribution in [2.75, 3.05) is 6.61 Å². The second-order valence-electron chi connectivity index (χ2n) is 2.93. The second-order valence-corrected chi connectivity index (χ2v) is 2.93. The van der Waals surface area contributed by atoms with E-state index in [1.165, 1.54) is 6.92 Å². The molecule has 0 radical (unpaired) electrons. The third-order valence-corrected chi connectivity index (χ3v) is 1.91. The Bertz CT molecular complexity index is 136. The molecular formula is C8H14O3. The number of hydrogen-bond acceptors (Lipinski definition) is 3. The number of ether oxygens (including phenoxy) is 1. The molecule has 3 heteroatoms. The summed E-state index contributed by atoms with van der Waals surface area (Å²) in [5.74, 6) is -0.176.